The SMILES string of the molecule is CC(N)Nc1cc(O)ccc1[N+](=O)[O-]. The van der Waals surface area contributed by atoms with E-state index >= 15 is 0 Å². The number of nitro benzene ring substituents is 1. The zero-order valence-corrected chi connectivity index (χ0v) is 7.60. The van der Waals surface area contributed by atoms with Crippen LogP contribution in [0.3, 0.4) is 0 Å². The highest BCUT2D eigenvalue weighted by atomic mass is 16.6. The smallest absolute Gasteiger partial charge is 0.292 e. The maximum Gasteiger partial charge on any atom is 0.292 e. The molecule has 14 heavy (non-hydrogen) atoms. The summed E-state index contributed by atoms with van der Waals surface area (Å²) < 4.78 is 0. The van der Waals surface area contributed by atoms with E-state index in [1.807, 2.05) is 0 Å². The Kier molecular flexibility index (Phi) is 2.88. The molecular weight excluding hydrogens is 186 g/mol. The number of phenols is 1. The molecule has 0 heterocycles. The summed E-state index contributed by atoms with van der Waals surface area (Å²) in [4.78, 5) is 10.0. The minimum absolute atomic E-state index is 0.0428. The van der Waals surface area contributed by atoms with Gasteiger partial charge >= 0.3 is 0 Å². The van der Waals surface area contributed by atoms with Crippen LogP contribution in [0.2, 0.25) is 0 Å². The van der Waals surface area contributed by atoms with Gasteiger partial charge in [0.1, 0.15) is 11.4 Å². The molecule has 4 N–H and O–H groups in total. The number of nitrogens with zero attached hydrogens (tertiary/aromatic N) is 1. The van der Waals surface area contributed by atoms with Crippen molar-refractivity contribution in [3.05, 3.63) is 28.3 Å². The van der Waals surface area contributed by atoms with Gasteiger partial charge in [0.05, 0.1) is 11.1 Å². The number of hydrogen-bond acceptors (Lipinski definition) is 5. The molecule has 1 aromatic rings. The summed E-state index contributed by atoms with van der Waals surface area (Å²) in [6.07, 6.45) is -0.421. The van der Waals surface area contributed by atoms with Gasteiger partial charge in [0.2, 0.25) is 0 Å². The standard InChI is InChI=1S/C8H11N3O3/c1-5(9)10-7-4-6(12)2-3-8(7)11(13)14/h2-5,10,12H,9H2,1H3. The van der Waals surface area contributed by atoms with E-state index in [0.29, 0.717) is 0 Å². The summed E-state index contributed by atoms with van der Waals surface area (Å²) >= 11 is 0. The van der Waals surface area contributed by atoms with Crippen LogP contribution in [0.15, 0.2) is 18.2 Å². The second-order valence-electron chi connectivity index (χ2n) is 2.89. The van der Waals surface area contributed by atoms with Crippen molar-refractivity contribution in [3.63, 3.8) is 0 Å². The van der Waals surface area contributed by atoms with Crippen LogP contribution in [0, 0.1) is 10.1 Å². The quantitative estimate of drug-likeness (QED) is 0.381. The number of benzene rings is 1. The maximum atomic E-state index is 10.6. The molecule has 0 aliphatic rings. The van der Waals surface area contributed by atoms with Gasteiger partial charge in [-0.1, -0.05) is 0 Å². The molecule has 0 saturated carbocycles. The van der Waals surface area contributed by atoms with Gasteiger partial charge in [-0.2, -0.15) is 0 Å². The van der Waals surface area contributed by atoms with Gasteiger partial charge in [0, 0.05) is 12.1 Å². The summed E-state index contributed by atoms with van der Waals surface area (Å²) in [6.45, 7) is 1.65. The van der Waals surface area contributed by atoms with E-state index in [4.69, 9.17) is 10.8 Å². The highest BCUT2D eigenvalue weighted by molar-refractivity contribution is 5.64. The number of nitrogens with one attached hydrogen (secondary N) is 1. The molecule has 0 radical (unpaired) electrons. The van der Waals surface area contributed by atoms with Gasteiger partial charge < -0.3 is 16.2 Å². The molecule has 6 heteroatoms. The average Bonchev–Trinajstić information content (AvgIpc) is 2.01. The molecule has 1 unspecified atom stereocenters. The van der Waals surface area contributed by atoms with Gasteiger partial charge in [0.15, 0.2) is 0 Å². The number of anilines is 1. The van der Waals surface area contributed by atoms with Crippen LogP contribution in [0.4, 0.5) is 11.4 Å². The Morgan fingerprint density at radius 2 is 2.29 bits per heavy atom. The van der Waals surface area contributed by atoms with E-state index in [0.717, 1.165) is 0 Å². The molecule has 0 aromatic heterocycles. The fourth-order valence-corrected chi connectivity index (χ4v) is 1.04. The predicted octanol–water partition coefficient (Wildman–Crippen LogP) is 1.02. The van der Waals surface area contributed by atoms with Crippen LogP contribution >= 0.6 is 0 Å². The van der Waals surface area contributed by atoms with Crippen molar-refractivity contribution >= 4 is 11.4 Å². The molecule has 0 spiro atoms. The largest absolute Gasteiger partial charge is 0.508 e. The zero-order chi connectivity index (χ0) is 10.7. The second-order valence-corrected chi connectivity index (χ2v) is 2.89. The molecule has 0 aliphatic heterocycles. The number of phenolic OH excluding ortho intramolecular Hbond substituents is 1. The highest BCUT2D eigenvalue weighted by Crippen LogP contribution is 2.28. The molecule has 1 rings (SSSR count). The molecule has 0 bridgehead atoms. The number of hydrogen-bond donors (Lipinski definition) is 3. The molecule has 0 fully saturated rings. The minimum Gasteiger partial charge on any atom is -0.508 e. The summed E-state index contributed by atoms with van der Waals surface area (Å²) in [5.41, 5.74) is 5.53. The lowest BCUT2D eigenvalue weighted by Crippen LogP contribution is -2.25. The van der Waals surface area contributed by atoms with Gasteiger partial charge in [-0.3, -0.25) is 10.1 Å². The molecule has 76 valence electrons. The monoisotopic (exact) mass is 197 g/mol. The van der Waals surface area contributed by atoms with Gasteiger partial charge in [0.25, 0.3) is 5.69 Å². The van der Waals surface area contributed by atoms with Crippen LogP contribution in [-0.2, 0) is 0 Å². The summed E-state index contributed by atoms with van der Waals surface area (Å²) in [7, 11) is 0. The number of nitrogens with two attached hydrogens (primary N) is 1. The number of rotatable bonds is 3. The topological polar surface area (TPSA) is 101 Å². The molecule has 0 aliphatic carbocycles. The Labute approximate surface area is 80.5 Å². The third-order valence-corrected chi connectivity index (χ3v) is 1.56. The summed E-state index contributed by atoms with van der Waals surface area (Å²) in [6, 6.07) is 3.74. The molecule has 0 saturated heterocycles. The third kappa shape index (κ3) is 2.33. The van der Waals surface area contributed by atoms with E-state index in [-0.39, 0.29) is 17.1 Å². The highest BCUT2D eigenvalue weighted by Gasteiger charge is 2.14. The van der Waals surface area contributed by atoms with Gasteiger partial charge in [-0.05, 0) is 13.0 Å². The van der Waals surface area contributed by atoms with Crippen molar-refractivity contribution in [1.82, 2.24) is 0 Å². The van der Waals surface area contributed by atoms with Crippen molar-refractivity contribution < 1.29 is 10.0 Å². The second kappa shape index (κ2) is 3.93. The van der Waals surface area contributed by atoms with Gasteiger partial charge in [-0.25, -0.2) is 0 Å². The van der Waals surface area contributed by atoms with E-state index < -0.39 is 11.1 Å². The summed E-state index contributed by atoms with van der Waals surface area (Å²) in [5, 5.41) is 22.4. The van der Waals surface area contributed by atoms with Crippen molar-refractivity contribution in [2.24, 2.45) is 5.73 Å². The van der Waals surface area contributed by atoms with Crippen molar-refractivity contribution in [2.45, 2.75) is 13.1 Å². The fraction of sp³-hybridized carbons (Fsp3) is 0.250. The van der Waals surface area contributed by atoms with Crippen LogP contribution in [-0.4, -0.2) is 16.2 Å². The first-order valence-corrected chi connectivity index (χ1v) is 4.00. The zero-order valence-electron chi connectivity index (χ0n) is 7.60. The van der Waals surface area contributed by atoms with Crippen LogP contribution in [0.25, 0.3) is 0 Å². The Morgan fingerprint density at radius 1 is 1.64 bits per heavy atom. The van der Waals surface area contributed by atoms with Crippen molar-refractivity contribution in [2.75, 3.05) is 5.32 Å². The van der Waals surface area contributed by atoms with Gasteiger partial charge in [-0.15, -0.1) is 0 Å². The van der Waals surface area contributed by atoms with Crippen LogP contribution < -0.4 is 11.1 Å². The number of nitro groups is 1. The molecule has 1 aromatic carbocycles. The fourth-order valence-electron chi connectivity index (χ4n) is 1.04. The Bertz CT molecular complexity index is 352. The van der Waals surface area contributed by atoms with Crippen molar-refractivity contribution in [3.8, 4) is 5.75 Å². The Morgan fingerprint density at radius 3 is 2.79 bits per heavy atom. The first kappa shape index (κ1) is 10.3. The number of aromatic hydroxyl groups is 1. The van der Waals surface area contributed by atoms with E-state index in [9.17, 15) is 10.1 Å². The molecule has 1 atom stereocenters. The third-order valence-electron chi connectivity index (χ3n) is 1.56. The normalized spacial score (nSPS) is 12.1. The molecule has 6 nitrogen and oxygen atoms in total. The minimum atomic E-state index is -0.538. The van der Waals surface area contributed by atoms with Crippen LogP contribution in [0.5, 0.6) is 5.75 Å². The first-order chi connectivity index (χ1) is 6.50. The maximum absolute atomic E-state index is 10.6. The Balaban J connectivity index is 3.09. The van der Waals surface area contributed by atoms with E-state index in [1.54, 1.807) is 6.92 Å². The average molecular weight is 197 g/mol. The molecular formula is C8H11N3O3. The Hall–Kier alpha value is -1.82. The predicted molar refractivity (Wildman–Crippen MR) is 52.0 cm³/mol. The summed E-state index contributed by atoms with van der Waals surface area (Å²) in [5.74, 6) is -0.0428. The van der Waals surface area contributed by atoms with Crippen molar-refractivity contribution in [1.29, 1.82) is 0 Å². The van der Waals surface area contributed by atoms with Crippen LogP contribution in [0.1, 0.15) is 6.92 Å². The lowest BCUT2D eigenvalue weighted by atomic mass is 10.2. The lowest BCUT2D eigenvalue weighted by Gasteiger charge is -2.10. The lowest BCUT2D eigenvalue weighted by molar-refractivity contribution is -0.384. The van der Waals surface area contributed by atoms with E-state index in [1.165, 1.54) is 18.2 Å². The first-order valence-electron chi connectivity index (χ1n) is 4.00. The van der Waals surface area contributed by atoms with E-state index in [2.05, 4.69) is 5.32 Å². The molecule has 0 amide bonds.